The molecule has 0 bridgehead atoms. The predicted molar refractivity (Wildman–Crippen MR) is 157 cm³/mol. The number of halogens is 1. The van der Waals surface area contributed by atoms with Crippen LogP contribution in [0.2, 0.25) is 0 Å². The average Bonchev–Trinajstić information content (AvgIpc) is 2.90. The van der Waals surface area contributed by atoms with Crippen molar-refractivity contribution in [3.63, 3.8) is 0 Å². The first-order chi connectivity index (χ1) is 19.1. The van der Waals surface area contributed by atoms with Crippen molar-refractivity contribution in [2.24, 2.45) is 5.10 Å². The molecule has 14 heteroatoms. The quantitative estimate of drug-likeness (QED) is 0.0859. The van der Waals surface area contributed by atoms with Crippen LogP contribution >= 0.6 is 34.8 Å². The number of benzene rings is 2. The summed E-state index contributed by atoms with van der Waals surface area (Å²) in [6.07, 6.45) is 1.40. The topological polar surface area (TPSA) is 157 Å². The van der Waals surface area contributed by atoms with Gasteiger partial charge in [-0.05, 0) is 72.4 Å². The Morgan fingerprint density at radius 1 is 1.18 bits per heavy atom. The van der Waals surface area contributed by atoms with Gasteiger partial charge in [0.1, 0.15) is 5.75 Å². The number of para-hydroxylation sites is 1. The van der Waals surface area contributed by atoms with Crippen molar-refractivity contribution in [3.8, 4) is 17.2 Å². The summed E-state index contributed by atoms with van der Waals surface area (Å²) in [7, 11) is 1.43. The molecule has 1 aliphatic rings. The predicted octanol–water partition coefficient (Wildman–Crippen LogP) is 2.65. The number of amides is 1. The van der Waals surface area contributed by atoms with Crippen molar-refractivity contribution in [2.75, 3.05) is 26.9 Å². The molecule has 0 radical (unpaired) electrons. The molecular weight excluding hydrogens is 655 g/mol. The van der Waals surface area contributed by atoms with E-state index in [1.54, 1.807) is 50.2 Å². The van der Waals surface area contributed by atoms with Crippen molar-refractivity contribution in [1.29, 1.82) is 0 Å². The molecule has 40 heavy (non-hydrogen) atoms. The molecule has 0 fully saturated rings. The maximum atomic E-state index is 12.7. The lowest BCUT2D eigenvalue weighted by Gasteiger charge is -2.30. The highest BCUT2D eigenvalue weighted by atomic mass is 127. The third-order valence-corrected chi connectivity index (χ3v) is 6.37. The number of carbonyl (C=O) groups excluding carboxylic acids is 2. The third kappa shape index (κ3) is 8.05. The van der Waals surface area contributed by atoms with E-state index in [9.17, 15) is 14.4 Å². The molecule has 0 unspecified atom stereocenters. The van der Waals surface area contributed by atoms with E-state index in [4.69, 9.17) is 36.3 Å². The van der Waals surface area contributed by atoms with E-state index < -0.39 is 30.5 Å². The maximum absolute atomic E-state index is 12.7. The van der Waals surface area contributed by atoms with Gasteiger partial charge in [0.2, 0.25) is 0 Å². The average molecular weight is 682 g/mol. The lowest BCUT2D eigenvalue weighted by atomic mass is 9.95. The Labute approximate surface area is 249 Å². The third-order valence-electron chi connectivity index (χ3n) is 5.35. The Balaban J connectivity index is 1.69. The Kier molecular flexibility index (Phi) is 11.1. The molecular formula is C26H27IN4O8S. The number of allylic oxidation sites excluding steroid dienone is 1. The van der Waals surface area contributed by atoms with Gasteiger partial charge in [0.15, 0.2) is 29.8 Å². The minimum atomic E-state index is -1.11. The second kappa shape index (κ2) is 14.5. The number of ether oxygens (including phenoxy) is 4. The minimum absolute atomic E-state index is 0.209. The second-order valence-electron chi connectivity index (χ2n) is 8.13. The summed E-state index contributed by atoms with van der Waals surface area (Å²) in [6.45, 7) is 2.79. The van der Waals surface area contributed by atoms with Crippen LogP contribution in [0.1, 0.15) is 31.0 Å². The summed E-state index contributed by atoms with van der Waals surface area (Å²) in [5.41, 5.74) is 4.48. The van der Waals surface area contributed by atoms with Gasteiger partial charge in [-0.15, -0.1) is 0 Å². The highest BCUT2D eigenvalue weighted by Crippen LogP contribution is 2.34. The summed E-state index contributed by atoms with van der Waals surface area (Å²) in [5, 5.41) is 19.2. The molecule has 1 aliphatic heterocycles. The van der Waals surface area contributed by atoms with Crippen LogP contribution in [0, 0.1) is 3.57 Å². The number of carbonyl (C=O) groups is 3. The van der Waals surface area contributed by atoms with E-state index in [0.717, 1.165) is 0 Å². The van der Waals surface area contributed by atoms with Gasteiger partial charge in [-0.2, -0.15) is 5.10 Å². The van der Waals surface area contributed by atoms with Crippen LogP contribution in [-0.4, -0.2) is 61.2 Å². The van der Waals surface area contributed by atoms with E-state index in [-0.39, 0.29) is 13.2 Å². The zero-order valence-electron chi connectivity index (χ0n) is 21.8. The highest BCUT2D eigenvalue weighted by molar-refractivity contribution is 14.1. The van der Waals surface area contributed by atoms with Gasteiger partial charge in [0, 0.05) is 11.3 Å². The first-order valence-electron chi connectivity index (χ1n) is 11.9. The highest BCUT2D eigenvalue weighted by Gasteiger charge is 2.32. The van der Waals surface area contributed by atoms with E-state index in [1.165, 1.54) is 13.3 Å². The van der Waals surface area contributed by atoms with Crippen LogP contribution in [0.25, 0.3) is 0 Å². The normalized spacial score (nSPS) is 14.7. The lowest BCUT2D eigenvalue weighted by Crippen LogP contribution is -2.45. The van der Waals surface area contributed by atoms with Crippen LogP contribution in [0.5, 0.6) is 17.2 Å². The van der Waals surface area contributed by atoms with Crippen LogP contribution in [0.15, 0.2) is 52.8 Å². The first kappa shape index (κ1) is 30.6. The molecule has 2 aromatic rings. The van der Waals surface area contributed by atoms with Gasteiger partial charge in [0.25, 0.3) is 5.91 Å². The summed E-state index contributed by atoms with van der Waals surface area (Å²) >= 11 is 7.27. The second-order valence-corrected chi connectivity index (χ2v) is 9.70. The molecule has 4 N–H and O–H groups in total. The molecule has 3 rings (SSSR count). The number of nitrogens with zero attached hydrogens (tertiary/aromatic N) is 1. The number of esters is 1. The van der Waals surface area contributed by atoms with E-state index >= 15 is 0 Å². The number of thiocarbonyl (C=S) groups is 1. The van der Waals surface area contributed by atoms with Crippen molar-refractivity contribution >= 4 is 64.0 Å². The molecule has 12 nitrogen and oxygen atoms in total. The van der Waals surface area contributed by atoms with Gasteiger partial charge in [-0.3, -0.25) is 4.79 Å². The van der Waals surface area contributed by atoms with E-state index in [1.807, 2.05) is 22.6 Å². The summed E-state index contributed by atoms with van der Waals surface area (Å²) in [4.78, 5) is 36.0. The fourth-order valence-electron chi connectivity index (χ4n) is 3.70. The Morgan fingerprint density at radius 3 is 2.62 bits per heavy atom. The van der Waals surface area contributed by atoms with Crippen molar-refractivity contribution in [2.45, 2.75) is 19.9 Å². The Hall–Kier alpha value is -3.92. The molecule has 0 aliphatic carbocycles. The van der Waals surface area contributed by atoms with E-state index in [0.29, 0.717) is 48.3 Å². The van der Waals surface area contributed by atoms with Gasteiger partial charge < -0.3 is 34.7 Å². The summed E-state index contributed by atoms with van der Waals surface area (Å²) in [5.74, 6) is -1.16. The summed E-state index contributed by atoms with van der Waals surface area (Å²) < 4.78 is 22.2. The molecule has 212 valence electrons. The fourth-order valence-corrected chi connectivity index (χ4v) is 4.75. The standard InChI is InChI=1S/C26H27IN4O8S/c1-4-37-25(35)22-14(2)29-26(40)30-23(22)16-7-5-6-8-18(16)38-12-20(32)31-28-11-15-9-17(27)24(19(10-15)36-3)39-13-21(33)34/h5-11,23H,4,12-13H2,1-3H3,(H,31,32)(H,33,34)(H2,29,30,40)/t23-/m0/s1. The SMILES string of the molecule is CCOC(=O)C1=C(C)NC(=S)N[C@H]1c1ccccc1OCC(=O)NN=Cc1cc(I)c(OCC(=O)O)c(OC)c1. The fraction of sp³-hybridized carbons (Fsp3) is 0.269. The molecule has 0 saturated carbocycles. The van der Waals surface area contributed by atoms with Crippen molar-refractivity contribution in [3.05, 3.63) is 62.4 Å². The molecule has 0 saturated heterocycles. The number of carboxylic acids is 1. The van der Waals surface area contributed by atoms with Crippen LogP contribution < -0.4 is 30.3 Å². The van der Waals surface area contributed by atoms with E-state index in [2.05, 4.69) is 21.2 Å². The smallest absolute Gasteiger partial charge is 0.341 e. The molecule has 0 spiro atoms. The van der Waals surface area contributed by atoms with Gasteiger partial charge >= 0.3 is 11.9 Å². The number of hydrogen-bond donors (Lipinski definition) is 4. The minimum Gasteiger partial charge on any atom is -0.493 e. The number of hydrogen-bond acceptors (Lipinski definition) is 9. The number of methoxy groups -OCH3 is 1. The van der Waals surface area contributed by atoms with Crippen molar-refractivity contribution < 1.29 is 38.4 Å². The van der Waals surface area contributed by atoms with Gasteiger partial charge in [-0.25, -0.2) is 15.0 Å². The maximum Gasteiger partial charge on any atom is 0.341 e. The molecule has 1 atom stereocenters. The number of rotatable bonds is 12. The lowest BCUT2D eigenvalue weighted by molar-refractivity contribution is -0.140. The van der Waals surface area contributed by atoms with Gasteiger partial charge in [-0.1, -0.05) is 18.2 Å². The van der Waals surface area contributed by atoms with Crippen molar-refractivity contribution in [1.82, 2.24) is 16.1 Å². The molecule has 1 amide bonds. The summed E-state index contributed by atoms with van der Waals surface area (Å²) in [6, 6.07) is 9.61. The zero-order valence-corrected chi connectivity index (χ0v) is 24.8. The monoisotopic (exact) mass is 682 g/mol. The number of aliphatic carboxylic acids is 1. The van der Waals surface area contributed by atoms with Gasteiger partial charge in [0.05, 0.1) is 35.1 Å². The van der Waals surface area contributed by atoms with Crippen LogP contribution in [0.4, 0.5) is 0 Å². The zero-order chi connectivity index (χ0) is 29.2. The van der Waals surface area contributed by atoms with Crippen LogP contribution in [-0.2, 0) is 19.1 Å². The molecule has 1 heterocycles. The molecule has 0 aromatic heterocycles. The molecule has 2 aromatic carbocycles. The Bertz CT molecular complexity index is 1360. The largest absolute Gasteiger partial charge is 0.493 e. The number of nitrogens with one attached hydrogen (secondary N) is 3. The van der Waals surface area contributed by atoms with Crippen LogP contribution in [0.3, 0.4) is 0 Å². The number of hydrazone groups is 1. The Morgan fingerprint density at radius 2 is 1.93 bits per heavy atom. The number of carboxylic acid groups (broad SMARTS) is 1. The first-order valence-corrected chi connectivity index (χ1v) is 13.3.